The molecule has 4 rings (SSSR count). The van der Waals surface area contributed by atoms with E-state index in [2.05, 4.69) is 41.3 Å². The van der Waals surface area contributed by atoms with Crippen LogP contribution in [0, 0.1) is 6.92 Å². The van der Waals surface area contributed by atoms with Crippen LogP contribution in [-0.4, -0.2) is 28.5 Å². The number of rotatable bonds is 4. The summed E-state index contributed by atoms with van der Waals surface area (Å²) in [6.07, 6.45) is 1.88. The summed E-state index contributed by atoms with van der Waals surface area (Å²) in [4.78, 5) is 26.1. The van der Waals surface area contributed by atoms with Gasteiger partial charge in [0.05, 0.1) is 11.9 Å². The minimum atomic E-state index is 0.0674. The van der Waals surface area contributed by atoms with Crippen LogP contribution in [0.3, 0.4) is 0 Å². The molecule has 1 unspecified atom stereocenters. The number of nitrogens with zero attached hydrogens (tertiary/aromatic N) is 3. The second-order valence-corrected chi connectivity index (χ2v) is 7.82. The summed E-state index contributed by atoms with van der Waals surface area (Å²) >= 11 is 1.69. The summed E-state index contributed by atoms with van der Waals surface area (Å²) < 4.78 is 0. The average Bonchev–Trinajstić information content (AvgIpc) is 3.18. The summed E-state index contributed by atoms with van der Waals surface area (Å²) in [6, 6.07) is 10.4. The summed E-state index contributed by atoms with van der Waals surface area (Å²) in [5.74, 6) is 1.53. The van der Waals surface area contributed by atoms with E-state index < -0.39 is 0 Å². The topological polar surface area (TPSA) is 58.1 Å². The number of hydrogen-bond acceptors (Lipinski definition) is 5. The molecule has 0 bridgehead atoms. The van der Waals surface area contributed by atoms with E-state index in [1.54, 1.807) is 11.3 Å². The van der Waals surface area contributed by atoms with Gasteiger partial charge in [-0.15, -0.1) is 11.3 Å². The number of hydrogen-bond donors (Lipinski definition) is 1. The van der Waals surface area contributed by atoms with Gasteiger partial charge in [0.15, 0.2) is 0 Å². The van der Waals surface area contributed by atoms with E-state index in [0.29, 0.717) is 0 Å². The lowest BCUT2D eigenvalue weighted by molar-refractivity contribution is -0.117. The Hall–Kier alpha value is -2.47. The van der Waals surface area contributed by atoms with Crippen molar-refractivity contribution in [1.29, 1.82) is 0 Å². The van der Waals surface area contributed by atoms with Gasteiger partial charge in [-0.25, -0.2) is 9.97 Å². The van der Waals surface area contributed by atoms with Crippen LogP contribution in [0.5, 0.6) is 0 Å². The van der Waals surface area contributed by atoms with Gasteiger partial charge in [-0.05, 0) is 44.4 Å². The van der Waals surface area contributed by atoms with Gasteiger partial charge in [0.25, 0.3) is 0 Å². The fraction of sp³-hybridized carbons (Fsp3) is 0.350. The highest BCUT2D eigenvalue weighted by Gasteiger charge is 2.30. The summed E-state index contributed by atoms with van der Waals surface area (Å²) in [6.45, 7) is 6.34. The van der Waals surface area contributed by atoms with Gasteiger partial charge < -0.3 is 10.2 Å². The monoisotopic (exact) mass is 366 g/mol. The molecule has 134 valence electrons. The Balaban J connectivity index is 1.57. The highest BCUT2D eigenvalue weighted by atomic mass is 32.1. The Kier molecular flexibility index (Phi) is 4.36. The maximum Gasteiger partial charge on any atom is 0.246 e. The number of amides is 1. The van der Waals surface area contributed by atoms with E-state index in [1.807, 2.05) is 30.0 Å². The second kappa shape index (κ2) is 6.68. The minimum Gasteiger partial charge on any atom is -0.360 e. The van der Waals surface area contributed by atoms with Crippen LogP contribution in [0.2, 0.25) is 0 Å². The van der Waals surface area contributed by atoms with E-state index in [1.165, 1.54) is 10.4 Å². The fourth-order valence-electron chi connectivity index (χ4n) is 3.58. The van der Waals surface area contributed by atoms with E-state index >= 15 is 0 Å². The molecule has 0 saturated heterocycles. The molecular formula is C20H22N4OS. The van der Waals surface area contributed by atoms with Gasteiger partial charge in [-0.3, -0.25) is 4.79 Å². The number of fused-ring (bicyclic) bond motifs is 2. The van der Waals surface area contributed by atoms with Gasteiger partial charge in [0, 0.05) is 16.6 Å². The lowest BCUT2D eigenvalue weighted by Gasteiger charge is -2.23. The van der Waals surface area contributed by atoms with Gasteiger partial charge in [-0.2, -0.15) is 0 Å². The first-order chi connectivity index (χ1) is 12.6. The molecule has 0 saturated carbocycles. The number of carbonyl (C=O) groups excluding carboxylic acids is 1. The largest absolute Gasteiger partial charge is 0.360 e. The zero-order valence-corrected chi connectivity index (χ0v) is 16.1. The Morgan fingerprint density at radius 3 is 2.96 bits per heavy atom. The molecule has 0 radical (unpaired) electrons. The first-order valence-corrected chi connectivity index (χ1v) is 9.79. The van der Waals surface area contributed by atoms with Crippen LogP contribution < -0.4 is 10.2 Å². The Bertz CT molecular complexity index is 981. The molecule has 3 heterocycles. The number of aryl methyl sites for hydroxylation is 2. The highest BCUT2D eigenvalue weighted by molar-refractivity contribution is 7.18. The first-order valence-electron chi connectivity index (χ1n) is 8.97. The molecule has 1 aromatic carbocycles. The number of thiophene rings is 1. The Labute approximate surface area is 157 Å². The smallest absolute Gasteiger partial charge is 0.246 e. The van der Waals surface area contributed by atoms with Crippen LogP contribution in [0.15, 0.2) is 30.3 Å². The van der Waals surface area contributed by atoms with Crippen LogP contribution in [0.4, 0.5) is 11.5 Å². The normalized spacial score (nSPS) is 16.1. The van der Waals surface area contributed by atoms with Crippen molar-refractivity contribution in [3.63, 3.8) is 0 Å². The van der Waals surface area contributed by atoms with E-state index in [-0.39, 0.29) is 18.5 Å². The molecule has 0 spiro atoms. The SMILES string of the molecule is CCc1cc2c(NCC(=O)N3c4ccccc4CC3C)nc(C)nc2s1. The lowest BCUT2D eigenvalue weighted by atomic mass is 10.1. The quantitative estimate of drug-likeness (QED) is 0.759. The van der Waals surface area contributed by atoms with Gasteiger partial charge in [0.1, 0.15) is 16.5 Å². The Morgan fingerprint density at radius 2 is 2.15 bits per heavy atom. The standard InChI is InChI=1S/C20H22N4OS/c1-4-15-10-16-19(22-13(3)23-20(16)26-15)21-11-18(25)24-12(2)9-14-7-5-6-8-17(14)24/h5-8,10,12H,4,9,11H2,1-3H3,(H,21,22,23). The van der Waals surface area contributed by atoms with Crippen LogP contribution >= 0.6 is 11.3 Å². The third-order valence-electron chi connectivity index (χ3n) is 4.79. The summed E-state index contributed by atoms with van der Waals surface area (Å²) in [5, 5.41) is 4.26. The molecule has 3 aromatic rings. The van der Waals surface area contributed by atoms with Crippen molar-refractivity contribution in [2.45, 2.75) is 39.7 Å². The van der Waals surface area contributed by atoms with Gasteiger partial charge in [-0.1, -0.05) is 25.1 Å². The molecule has 1 amide bonds. The van der Waals surface area contributed by atoms with Crippen molar-refractivity contribution in [3.05, 3.63) is 46.6 Å². The first kappa shape index (κ1) is 17.0. The molecule has 2 aromatic heterocycles. The van der Waals surface area contributed by atoms with Crippen molar-refractivity contribution in [3.8, 4) is 0 Å². The van der Waals surface area contributed by atoms with Crippen molar-refractivity contribution >= 4 is 39.0 Å². The highest BCUT2D eigenvalue weighted by Crippen LogP contribution is 2.32. The average molecular weight is 366 g/mol. The maximum absolute atomic E-state index is 12.9. The summed E-state index contributed by atoms with van der Waals surface area (Å²) in [5.41, 5.74) is 2.26. The molecule has 5 nitrogen and oxygen atoms in total. The fourth-order valence-corrected chi connectivity index (χ4v) is 4.59. The zero-order chi connectivity index (χ0) is 18.3. The molecule has 1 N–H and O–H groups in total. The molecule has 1 atom stereocenters. The van der Waals surface area contributed by atoms with Crippen LogP contribution in [0.25, 0.3) is 10.2 Å². The number of benzene rings is 1. The zero-order valence-electron chi connectivity index (χ0n) is 15.2. The van der Waals surface area contributed by atoms with Gasteiger partial charge >= 0.3 is 0 Å². The number of aromatic nitrogens is 2. The molecule has 1 aliphatic heterocycles. The van der Waals surface area contributed by atoms with E-state index in [4.69, 9.17) is 0 Å². The van der Waals surface area contributed by atoms with Crippen LogP contribution in [0.1, 0.15) is 30.1 Å². The van der Waals surface area contributed by atoms with Crippen molar-refractivity contribution in [2.24, 2.45) is 0 Å². The molecule has 1 aliphatic rings. The number of para-hydroxylation sites is 1. The van der Waals surface area contributed by atoms with Crippen LogP contribution in [-0.2, 0) is 17.6 Å². The second-order valence-electron chi connectivity index (χ2n) is 6.70. The molecule has 0 aliphatic carbocycles. The predicted octanol–water partition coefficient (Wildman–Crippen LogP) is 3.95. The third-order valence-corrected chi connectivity index (χ3v) is 5.96. The van der Waals surface area contributed by atoms with Crippen molar-refractivity contribution < 1.29 is 4.79 Å². The predicted molar refractivity (Wildman–Crippen MR) is 107 cm³/mol. The number of carbonyl (C=O) groups is 1. The number of nitrogens with one attached hydrogen (secondary N) is 1. The maximum atomic E-state index is 12.9. The minimum absolute atomic E-state index is 0.0674. The van der Waals surface area contributed by atoms with Crippen molar-refractivity contribution in [2.75, 3.05) is 16.8 Å². The molecule has 0 fully saturated rings. The van der Waals surface area contributed by atoms with E-state index in [9.17, 15) is 4.79 Å². The van der Waals surface area contributed by atoms with Crippen molar-refractivity contribution in [1.82, 2.24) is 9.97 Å². The van der Waals surface area contributed by atoms with Gasteiger partial charge in [0.2, 0.25) is 5.91 Å². The third kappa shape index (κ3) is 2.94. The van der Waals surface area contributed by atoms with E-state index in [0.717, 1.165) is 40.4 Å². The summed E-state index contributed by atoms with van der Waals surface area (Å²) in [7, 11) is 0. The molecular weight excluding hydrogens is 344 g/mol. The lowest BCUT2D eigenvalue weighted by Crippen LogP contribution is -2.39. The molecule has 6 heteroatoms. The molecule has 26 heavy (non-hydrogen) atoms. The number of anilines is 2. The Morgan fingerprint density at radius 1 is 1.35 bits per heavy atom.